The Balaban J connectivity index is 1.98. The first-order chi connectivity index (χ1) is 10.2. The predicted molar refractivity (Wildman–Crippen MR) is 74.0 cm³/mol. The van der Waals surface area contributed by atoms with Gasteiger partial charge in [0.25, 0.3) is 0 Å². The molecule has 1 heterocycles. The first-order valence-electron chi connectivity index (χ1n) is 6.16. The van der Waals surface area contributed by atoms with E-state index < -0.39 is 6.10 Å². The Kier molecular flexibility index (Phi) is 4.39. The first-order valence-corrected chi connectivity index (χ1v) is 6.16. The fraction of sp³-hybridized carbons (Fsp3) is 0.214. The van der Waals surface area contributed by atoms with E-state index in [1.165, 1.54) is 10.9 Å². The highest BCUT2D eigenvalue weighted by molar-refractivity contribution is 5.51. The molecule has 0 spiro atoms. The molecule has 0 bridgehead atoms. The van der Waals surface area contributed by atoms with Gasteiger partial charge in [-0.25, -0.2) is 4.98 Å². The molecule has 7 heteroatoms. The van der Waals surface area contributed by atoms with E-state index in [-0.39, 0.29) is 24.5 Å². The summed E-state index contributed by atoms with van der Waals surface area (Å²) in [7, 11) is 0. The maximum absolute atomic E-state index is 9.95. The molecule has 0 amide bonds. The highest BCUT2D eigenvalue weighted by Crippen LogP contribution is 2.19. The number of nitrogens with two attached hydrogens (primary N) is 1. The number of rotatable bonds is 5. The van der Waals surface area contributed by atoms with Gasteiger partial charge in [0, 0.05) is 0 Å². The lowest BCUT2D eigenvalue weighted by Gasteiger charge is -2.14. The number of aliphatic hydroxyl groups is 1. The van der Waals surface area contributed by atoms with Crippen molar-refractivity contribution < 1.29 is 9.84 Å². The van der Waals surface area contributed by atoms with E-state index in [1.54, 1.807) is 24.3 Å². The van der Waals surface area contributed by atoms with E-state index in [1.807, 2.05) is 12.1 Å². The molecule has 0 aliphatic rings. The Hall–Kier alpha value is -3.03. The summed E-state index contributed by atoms with van der Waals surface area (Å²) in [5, 5.41) is 27.7. The van der Waals surface area contributed by atoms with Crippen molar-refractivity contribution in [1.29, 1.82) is 10.5 Å². The summed E-state index contributed by atoms with van der Waals surface area (Å²) in [6, 6.07) is 10.7. The van der Waals surface area contributed by atoms with Crippen LogP contribution in [0.3, 0.4) is 0 Å². The number of nitriles is 2. The molecule has 0 saturated heterocycles. The van der Waals surface area contributed by atoms with E-state index in [4.69, 9.17) is 21.0 Å². The van der Waals surface area contributed by atoms with Gasteiger partial charge in [0.1, 0.15) is 30.6 Å². The van der Waals surface area contributed by atoms with Crippen LogP contribution in [0.5, 0.6) is 5.75 Å². The van der Waals surface area contributed by atoms with Crippen LogP contribution in [0.15, 0.2) is 30.6 Å². The largest absolute Gasteiger partial charge is 0.489 e. The lowest BCUT2D eigenvalue weighted by atomic mass is 10.3. The smallest absolute Gasteiger partial charge is 0.176 e. The van der Waals surface area contributed by atoms with Gasteiger partial charge in [0.2, 0.25) is 0 Å². The molecule has 3 N–H and O–H groups in total. The number of nitrogen functional groups attached to an aromatic ring is 1. The monoisotopic (exact) mass is 283 g/mol. The fourth-order valence-electron chi connectivity index (χ4n) is 1.80. The minimum Gasteiger partial charge on any atom is -0.489 e. The summed E-state index contributed by atoms with van der Waals surface area (Å²) in [4.78, 5) is 3.80. The molecule has 0 radical (unpaired) electrons. The van der Waals surface area contributed by atoms with Crippen molar-refractivity contribution in [3.63, 3.8) is 0 Å². The lowest BCUT2D eigenvalue weighted by Crippen LogP contribution is -2.24. The van der Waals surface area contributed by atoms with E-state index in [2.05, 4.69) is 4.98 Å². The van der Waals surface area contributed by atoms with Gasteiger partial charge in [-0.2, -0.15) is 10.5 Å². The van der Waals surface area contributed by atoms with Crippen LogP contribution in [0, 0.1) is 22.7 Å². The normalized spacial score (nSPS) is 11.4. The Labute approximate surface area is 121 Å². The van der Waals surface area contributed by atoms with E-state index in [9.17, 15) is 5.11 Å². The summed E-state index contributed by atoms with van der Waals surface area (Å²) in [5.74, 6) is 0.486. The van der Waals surface area contributed by atoms with Crippen LogP contribution >= 0.6 is 0 Å². The summed E-state index contributed by atoms with van der Waals surface area (Å²) < 4.78 is 6.84. The molecule has 2 rings (SSSR count). The van der Waals surface area contributed by atoms with Crippen molar-refractivity contribution in [2.75, 3.05) is 12.3 Å². The topological polar surface area (TPSA) is 121 Å². The van der Waals surface area contributed by atoms with Crippen molar-refractivity contribution >= 4 is 5.69 Å². The molecule has 1 aromatic carbocycles. The molecular formula is C14H13N5O2. The summed E-state index contributed by atoms with van der Waals surface area (Å²) >= 11 is 0. The lowest BCUT2D eigenvalue weighted by molar-refractivity contribution is 0.0926. The van der Waals surface area contributed by atoms with Gasteiger partial charge in [-0.1, -0.05) is 12.1 Å². The SMILES string of the molecule is N#Cc1ncn(CC(O)COc2ccccc2N)c1C#N. The van der Waals surface area contributed by atoms with E-state index >= 15 is 0 Å². The van der Waals surface area contributed by atoms with Crippen LogP contribution in [0.2, 0.25) is 0 Å². The molecule has 1 aromatic heterocycles. The molecule has 1 unspecified atom stereocenters. The molecule has 1 atom stereocenters. The number of ether oxygens (including phenoxy) is 1. The summed E-state index contributed by atoms with van der Waals surface area (Å²) in [5.41, 5.74) is 6.37. The molecule has 21 heavy (non-hydrogen) atoms. The molecule has 106 valence electrons. The van der Waals surface area contributed by atoms with Crippen molar-refractivity contribution in [2.45, 2.75) is 12.6 Å². The van der Waals surface area contributed by atoms with Gasteiger partial charge in [-0.05, 0) is 12.1 Å². The van der Waals surface area contributed by atoms with E-state index in [0.717, 1.165) is 0 Å². The molecule has 0 saturated carbocycles. The fourth-order valence-corrected chi connectivity index (χ4v) is 1.80. The number of hydrogen-bond donors (Lipinski definition) is 2. The molecular weight excluding hydrogens is 270 g/mol. The van der Waals surface area contributed by atoms with Crippen LogP contribution in [-0.2, 0) is 6.54 Å². The van der Waals surface area contributed by atoms with Crippen molar-refractivity contribution in [3.8, 4) is 17.9 Å². The number of aromatic nitrogens is 2. The van der Waals surface area contributed by atoms with Gasteiger partial charge >= 0.3 is 0 Å². The molecule has 2 aromatic rings. The Morgan fingerprint density at radius 3 is 2.76 bits per heavy atom. The number of imidazole rings is 1. The number of anilines is 1. The summed E-state index contributed by atoms with van der Waals surface area (Å²) in [6.07, 6.45) is 0.481. The maximum atomic E-state index is 9.95. The Morgan fingerprint density at radius 1 is 1.33 bits per heavy atom. The highest BCUT2D eigenvalue weighted by atomic mass is 16.5. The zero-order chi connectivity index (χ0) is 15.2. The number of nitrogens with zero attached hydrogens (tertiary/aromatic N) is 4. The first kappa shape index (κ1) is 14.4. The van der Waals surface area contributed by atoms with Crippen LogP contribution in [0.4, 0.5) is 5.69 Å². The Bertz CT molecular complexity index is 711. The molecule has 0 fully saturated rings. The highest BCUT2D eigenvalue weighted by Gasteiger charge is 2.14. The second kappa shape index (κ2) is 6.42. The maximum Gasteiger partial charge on any atom is 0.176 e. The van der Waals surface area contributed by atoms with Crippen LogP contribution in [0.1, 0.15) is 11.4 Å². The van der Waals surface area contributed by atoms with Crippen molar-refractivity contribution in [1.82, 2.24) is 9.55 Å². The second-order valence-electron chi connectivity index (χ2n) is 4.32. The van der Waals surface area contributed by atoms with Crippen LogP contribution < -0.4 is 10.5 Å². The van der Waals surface area contributed by atoms with Gasteiger partial charge in [-0.15, -0.1) is 0 Å². The third-order valence-electron chi connectivity index (χ3n) is 2.81. The van der Waals surface area contributed by atoms with Crippen LogP contribution in [0.25, 0.3) is 0 Å². The Morgan fingerprint density at radius 2 is 2.10 bits per heavy atom. The third kappa shape index (κ3) is 3.30. The average Bonchev–Trinajstić information content (AvgIpc) is 2.88. The quantitative estimate of drug-likeness (QED) is 0.777. The molecule has 0 aliphatic heterocycles. The number of para-hydroxylation sites is 2. The van der Waals surface area contributed by atoms with Gasteiger partial charge in [0.05, 0.1) is 18.6 Å². The van der Waals surface area contributed by atoms with Gasteiger partial charge in [0.15, 0.2) is 11.4 Å². The number of hydrogen-bond acceptors (Lipinski definition) is 6. The van der Waals surface area contributed by atoms with Gasteiger partial charge in [-0.3, -0.25) is 0 Å². The second-order valence-corrected chi connectivity index (χ2v) is 4.32. The zero-order valence-electron chi connectivity index (χ0n) is 11.1. The minimum atomic E-state index is -0.863. The summed E-state index contributed by atoms with van der Waals surface area (Å²) in [6.45, 7) is 0.115. The molecule has 0 aliphatic carbocycles. The average molecular weight is 283 g/mol. The van der Waals surface area contributed by atoms with E-state index in [0.29, 0.717) is 11.4 Å². The van der Waals surface area contributed by atoms with Crippen molar-refractivity contribution in [3.05, 3.63) is 42.0 Å². The van der Waals surface area contributed by atoms with Crippen LogP contribution in [-0.4, -0.2) is 27.4 Å². The number of benzene rings is 1. The predicted octanol–water partition coefficient (Wildman–Crippen LogP) is 0.649. The number of aliphatic hydroxyl groups excluding tert-OH is 1. The van der Waals surface area contributed by atoms with Crippen molar-refractivity contribution in [2.24, 2.45) is 0 Å². The minimum absolute atomic E-state index is 0.0130. The molecule has 7 nitrogen and oxygen atoms in total. The third-order valence-corrected chi connectivity index (χ3v) is 2.81. The zero-order valence-corrected chi connectivity index (χ0v) is 11.1. The van der Waals surface area contributed by atoms with Gasteiger partial charge < -0.3 is 20.1 Å². The standard InChI is InChI=1S/C14H13N5O2/c15-5-12-13(6-16)19(9-18-12)7-10(20)8-21-14-4-2-1-3-11(14)17/h1-4,9-10,20H,7-8,17H2.